The maximum Gasteiger partial charge on any atom is 0.357 e. The largest absolute Gasteiger partial charge is 0.476 e. The highest BCUT2D eigenvalue weighted by Gasteiger charge is 2.14. The van der Waals surface area contributed by atoms with Gasteiger partial charge in [-0.25, -0.2) is 9.78 Å². The first-order valence-electron chi connectivity index (χ1n) is 5.16. The smallest absolute Gasteiger partial charge is 0.357 e. The van der Waals surface area contributed by atoms with Crippen LogP contribution in [0.25, 0.3) is 0 Å². The third kappa shape index (κ3) is 4.02. The highest BCUT2D eigenvalue weighted by atomic mass is 32.2. The molecule has 1 rings (SSSR count). The Hall–Kier alpha value is -0.750. The normalized spacial score (nSPS) is 12.4. The predicted molar refractivity (Wildman–Crippen MR) is 69.8 cm³/mol. The number of thiazole rings is 1. The zero-order valence-corrected chi connectivity index (χ0v) is 11.0. The topological polar surface area (TPSA) is 62.2 Å². The first kappa shape index (κ1) is 13.3. The van der Waals surface area contributed by atoms with Gasteiger partial charge in [-0.2, -0.15) is 11.8 Å². The van der Waals surface area contributed by atoms with Gasteiger partial charge in [0.05, 0.1) is 5.51 Å². The van der Waals surface area contributed by atoms with Gasteiger partial charge >= 0.3 is 5.97 Å². The number of thioether (sulfide) groups is 1. The molecule has 6 heteroatoms. The number of aromatic nitrogens is 1. The van der Waals surface area contributed by atoms with Gasteiger partial charge in [0.25, 0.3) is 0 Å². The lowest BCUT2D eigenvalue weighted by molar-refractivity contribution is 0.0692. The van der Waals surface area contributed by atoms with E-state index in [2.05, 4.69) is 24.1 Å². The second-order valence-electron chi connectivity index (χ2n) is 3.37. The van der Waals surface area contributed by atoms with Crippen LogP contribution in [0.4, 0.5) is 5.00 Å². The fourth-order valence-corrected chi connectivity index (χ4v) is 2.79. The zero-order valence-electron chi connectivity index (χ0n) is 9.40. The van der Waals surface area contributed by atoms with E-state index in [1.165, 1.54) is 11.3 Å². The molecule has 1 heterocycles. The minimum Gasteiger partial charge on any atom is -0.476 e. The van der Waals surface area contributed by atoms with E-state index in [1.807, 2.05) is 11.8 Å². The zero-order chi connectivity index (χ0) is 12.0. The second-order valence-corrected chi connectivity index (χ2v) is 5.61. The molecule has 2 N–H and O–H groups in total. The molecule has 1 aromatic heterocycles. The van der Waals surface area contributed by atoms with Crippen LogP contribution >= 0.6 is 23.1 Å². The van der Waals surface area contributed by atoms with Gasteiger partial charge < -0.3 is 10.4 Å². The molecule has 0 aromatic carbocycles. The highest BCUT2D eigenvalue weighted by Crippen LogP contribution is 2.21. The summed E-state index contributed by atoms with van der Waals surface area (Å²) in [5, 5.41) is 12.7. The monoisotopic (exact) mass is 260 g/mol. The summed E-state index contributed by atoms with van der Waals surface area (Å²) in [4.78, 5) is 14.6. The number of nitrogens with zero attached hydrogens (tertiary/aromatic N) is 1. The van der Waals surface area contributed by atoms with Crippen molar-refractivity contribution in [3.63, 3.8) is 0 Å². The van der Waals surface area contributed by atoms with Gasteiger partial charge in [0.2, 0.25) is 0 Å². The van der Waals surface area contributed by atoms with Crippen LogP contribution in [0.15, 0.2) is 5.51 Å². The van der Waals surface area contributed by atoms with Crippen LogP contribution in [-0.4, -0.2) is 33.6 Å². The molecule has 0 amide bonds. The summed E-state index contributed by atoms with van der Waals surface area (Å²) in [6.07, 6.45) is 1.02. The molecule has 0 aliphatic rings. The van der Waals surface area contributed by atoms with Gasteiger partial charge in [0, 0.05) is 6.04 Å². The van der Waals surface area contributed by atoms with Gasteiger partial charge in [0.15, 0.2) is 5.69 Å². The van der Waals surface area contributed by atoms with Crippen molar-refractivity contribution >= 4 is 34.1 Å². The van der Waals surface area contributed by atoms with Crippen LogP contribution in [0, 0.1) is 0 Å². The molecule has 0 radical (unpaired) electrons. The average Bonchev–Trinajstić information content (AvgIpc) is 2.66. The number of aromatic carboxylic acids is 1. The van der Waals surface area contributed by atoms with E-state index >= 15 is 0 Å². The number of hydrogen-bond acceptors (Lipinski definition) is 5. The minimum atomic E-state index is -0.973. The quantitative estimate of drug-likeness (QED) is 0.738. The molecule has 0 aliphatic carbocycles. The Balaban J connectivity index is 2.46. The Morgan fingerprint density at radius 3 is 3.12 bits per heavy atom. The third-order valence-electron chi connectivity index (χ3n) is 2.05. The van der Waals surface area contributed by atoms with Crippen LogP contribution in [0.3, 0.4) is 0 Å². The molecule has 0 spiro atoms. The van der Waals surface area contributed by atoms with Crippen LogP contribution in [0.5, 0.6) is 0 Å². The van der Waals surface area contributed by atoms with Crippen molar-refractivity contribution in [2.24, 2.45) is 0 Å². The summed E-state index contributed by atoms with van der Waals surface area (Å²) < 4.78 is 0. The summed E-state index contributed by atoms with van der Waals surface area (Å²) >= 11 is 3.23. The number of carboxylic acid groups (broad SMARTS) is 1. The van der Waals surface area contributed by atoms with E-state index in [1.54, 1.807) is 5.51 Å². The Morgan fingerprint density at radius 1 is 1.75 bits per heavy atom. The van der Waals surface area contributed by atoms with Crippen molar-refractivity contribution in [3.05, 3.63) is 11.2 Å². The molecular formula is C10H16N2O2S2. The molecule has 1 unspecified atom stereocenters. The van der Waals surface area contributed by atoms with Crippen molar-refractivity contribution in [1.29, 1.82) is 0 Å². The van der Waals surface area contributed by atoms with E-state index in [4.69, 9.17) is 5.11 Å². The SMILES string of the molecule is CCSCCC(C)Nc1scnc1C(=O)O. The molecule has 0 fully saturated rings. The number of rotatable bonds is 7. The molecule has 4 nitrogen and oxygen atoms in total. The fourth-order valence-electron chi connectivity index (χ4n) is 1.20. The molecule has 0 aliphatic heterocycles. The summed E-state index contributed by atoms with van der Waals surface area (Å²) in [5.74, 6) is 1.23. The first-order chi connectivity index (χ1) is 7.65. The molecule has 1 aromatic rings. The van der Waals surface area contributed by atoms with Crippen LogP contribution in [-0.2, 0) is 0 Å². The summed E-state index contributed by atoms with van der Waals surface area (Å²) in [6, 6.07) is 0.276. The van der Waals surface area contributed by atoms with Gasteiger partial charge in [0.1, 0.15) is 5.00 Å². The lowest BCUT2D eigenvalue weighted by atomic mass is 10.2. The van der Waals surface area contributed by atoms with Crippen LogP contribution in [0.2, 0.25) is 0 Å². The maximum atomic E-state index is 10.8. The van der Waals surface area contributed by atoms with Crippen molar-refractivity contribution in [1.82, 2.24) is 4.98 Å². The number of nitrogens with one attached hydrogen (secondary N) is 1. The van der Waals surface area contributed by atoms with Crippen molar-refractivity contribution in [2.45, 2.75) is 26.3 Å². The molecule has 1 atom stereocenters. The molecule has 0 saturated heterocycles. The van der Waals surface area contributed by atoms with E-state index in [0.717, 1.165) is 17.9 Å². The fraction of sp³-hybridized carbons (Fsp3) is 0.600. The number of carbonyl (C=O) groups is 1. The molecular weight excluding hydrogens is 244 g/mol. The van der Waals surface area contributed by atoms with Crippen molar-refractivity contribution < 1.29 is 9.90 Å². The Bertz CT molecular complexity index is 341. The summed E-state index contributed by atoms with van der Waals surface area (Å²) in [5.41, 5.74) is 1.68. The van der Waals surface area contributed by atoms with Gasteiger partial charge in [-0.05, 0) is 24.9 Å². The van der Waals surface area contributed by atoms with E-state index in [9.17, 15) is 4.79 Å². The number of carboxylic acids is 1. The molecule has 90 valence electrons. The van der Waals surface area contributed by atoms with Gasteiger partial charge in [-0.1, -0.05) is 6.92 Å². The predicted octanol–water partition coefficient (Wildman–Crippen LogP) is 2.78. The maximum absolute atomic E-state index is 10.8. The summed E-state index contributed by atoms with van der Waals surface area (Å²) in [7, 11) is 0. The van der Waals surface area contributed by atoms with Crippen molar-refractivity contribution in [3.8, 4) is 0 Å². The Labute approximate surface area is 103 Å². The van der Waals surface area contributed by atoms with Crippen LogP contribution < -0.4 is 5.32 Å². The Morgan fingerprint density at radius 2 is 2.50 bits per heavy atom. The highest BCUT2D eigenvalue weighted by molar-refractivity contribution is 7.99. The third-order valence-corrected chi connectivity index (χ3v) is 3.74. The number of anilines is 1. The van der Waals surface area contributed by atoms with E-state index in [0.29, 0.717) is 5.00 Å². The molecule has 16 heavy (non-hydrogen) atoms. The standard InChI is InChI=1S/C10H16N2O2S2/c1-3-15-5-4-7(2)12-9-8(10(13)14)11-6-16-9/h6-7,12H,3-5H2,1-2H3,(H,13,14). The van der Waals surface area contributed by atoms with Crippen LogP contribution in [0.1, 0.15) is 30.8 Å². The second kappa shape index (κ2) is 6.75. The molecule has 0 saturated carbocycles. The first-order valence-corrected chi connectivity index (χ1v) is 7.19. The van der Waals surface area contributed by atoms with E-state index in [-0.39, 0.29) is 11.7 Å². The van der Waals surface area contributed by atoms with Gasteiger partial charge in [-0.3, -0.25) is 0 Å². The molecule has 0 bridgehead atoms. The lowest BCUT2D eigenvalue weighted by Gasteiger charge is -2.13. The van der Waals surface area contributed by atoms with Crippen molar-refractivity contribution in [2.75, 3.05) is 16.8 Å². The lowest BCUT2D eigenvalue weighted by Crippen LogP contribution is -2.17. The Kier molecular flexibility index (Phi) is 5.62. The van der Waals surface area contributed by atoms with Gasteiger partial charge in [-0.15, -0.1) is 11.3 Å². The van der Waals surface area contributed by atoms with E-state index < -0.39 is 5.97 Å². The minimum absolute atomic E-state index is 0.125. The summed E-state index contributed by atoms with van der Waals surface area (Å²) in [6.45, 7) is 4.19. The average molecular weight is 260 g/mol. The number of hydrogen-bond donors (Lipinski definition) is 2.